The first-order chi connectivity index (χ1) is 11.8. The predicted octanol–water partition coefficient (Wildman–Crippen LogP) is 4.47. The molecule has 1 heterocycles. The summed E-state index contributed by atoms with van der Waals surface area (Å²) in [6, 6.07) is 21.8. The van der Waals surface area contributed by atoms with Gasteiger partial charge < -0.3 is 9.88 Å². The number of benzene rings is 2. The first-order valence-corrected chi connectivity index (χ1v) is 8.32. The van der Waals surface area contributed by atoms with Crippen LogP contribution in [0.3, 0.4) is 0 Å². The standard InChI is InChI=1S/C21H22N2O/c1-2-17-11-8-12-19(15-17)22-21(24)20(23-13-6-7-14-23)16-18-9-4-3-5-10-18/h3-15,20H,2,16H2,1H3,(H,22,24)/t20-/m1/s1. The number of nitrogens with zero attached hydrogens (tertiary/aromatic N) is 1. The normalized spacial score (nSPS) is 11.9. The molecule has 3 aromatic rings. The Hall–Kier alpha value is -2.81. The van der Waals surface area contributed by atoms with Gasteiger partial charge in [-0.15, -0.1) is 0 Å². The van der Waals surface area contributed by atoms with E-state index in [0.29, 0.717) is 6.42 Å². The maximum atomic E-state index is 12.9. The summed E-state index contributed by atoms with van der Waals surface area (Å²) in [6.07, 6.45) is 5.49. The van der Waals surface area contributed by atoms with Crippen molar-refractivity contribution in [3.8, 4) is 0 Å². The van der Waals surface area contributed by atoms with Crippen LogP contribution in [-0.2, 0) is 17.6 Å². The Bertz CT molecular complexity index is 779. The van der Waals surface area contributed by atoms with E-state index in [1.165, 1.54) is 5.56 Å². The molecule has 122 valence electrons. The molecule has 0 aliphatic carbocycles. The third kappa shape index (κ3) is 3.93. The number of amides is 1. The predicted molar refractivity (Wildman–Crippen MR) is 98.1 cm³/mol. The molecule has 3 nitrogen and oxygen atoms in total. The van der Waals surface area contributed by atoms with Crippen molar-refractivity contribution in [2.75, 3.05) is 5.32 Å². The average Bonchev–Trinajstić information content (AvgIpc) is 3.15. The fourth-order valence-electron chi connectivity index (χ4n) is 2.82. The van der Waals surface area contributed by atoms with E-state index in [-0.39, 0.29) is 11.9 Å². The van der Waals surface area contributed by atoms with E-state index in [1.54, 1.807) is 0 Å². The van der Waals surface area contributed by atoms with Crippen LogP contribution in [0.15, 0.2) is 79.1 Å². The van der Waals surface area contributed by atoms with Gasteiger partial charge in [0, 0.05) is 24.5 Å². The smallest absolute Gasteiger partial charge is 0.247 e. The van der Waals surface area contributed by atoms with Crippen LogP contribution < -0.4 is 5.32 Å². The molecule has 0 radical (unpaired) electrons. The average molecular weight is 318 g/mol. The molecule has 0 spiro atoms. The Morgan fingerprint density at radius 2 is 1.67 bits per heavy atom. The molecule has 1 aromatic heterocycles. The SMILES string of the molecule is CCc1cccc(NC(=O)[C@@H](Cc2ccccc2)n2cccc2)c1. The Balaban J connectivity index is 1.81. The van der Waals surface area contributed by atoms with Gasteiger partial charge in [0.05, 0.1) is 0 Å². The molecule has 0 saturated carbocycles. The van der Waals surface area contributed by atoms with Crippen molar-refractivity contribution in [1.29, 1.82) is 0 Å². The van der Waals surface area contributed by atoms with Crippen LogP contribution in [0.5, 0.6) is 0 Å². The van der Waals surface area contributed by atoms with Crippen molar-refractivity contribution in [3.63, 3.8) is 0 Å². The molecule has 0 saturated heterocycles. The number of hydrogen-bond acceptors (Lipinski definition) is 1. The molecule has 0 fully saturated rings. The van der Waals surface area contributed by atoms with Gasteiger partial charge in [0.15, 0.2) is 0 Å². The largest absolute Gasteiger partial charge is 0.342 e. The highest BCUT2D eigenvalue weighted by atomic mass is 16.2. The maximum absolute atomic E-state index is 12.9. The van der Waals surface area contributed by atoms with Crippen molar-refractivity contribution in [2.45, 2.75) is 25.8 Å². The lowest BCUT2D eigenvalue weighted by Gasteiger charge is -2.19. The van der Waals surface area contributed by atoms with Crippen LogP contribution in [-0.4, -0.2) is 10.5 Å². The van der Waals surface area contributed by atoms with Gasteiger partial charge in [-0.2, -0.15) is 0 Å². The summed E-state index contributed by atoms with van der Waals surface area (Å²) in [7, 11) is 0. The zero-order chi connectivity index (χ0) is 16.8. The van der Waals surface area contributed by atoms with Crippen LogP contribution >= 0.6 is 0 Å². The van der Waals surface area contributed by atoms with Gasteiger partial charge in [0.1, 0.15) is 6.04 Å². The molecular formula is C21H22N2O. The second kappa shape index (κ2) is 7.64. The molecule has 0 aliphatic heterocycles. The van der Waals surface area contributed by atoms with Crippen LogP contribution in [0, 0.1) is 0 Å². The van der Waals surface area contributed by atoms with Gasteiger partial charge in [0.2, 0.25) is 5.91 Å². The van der Waals surface area contributed by atoms with Crippen molar-refractivity contribution in [3.05, 3.63) is 90.3 Å². The topological polar surface area (TPSA) is 34.0 Å². The first kappa shape index (κ1) is 16.1. The molecule has 0 aliphatic rings. The van der Waals surface area contributed by atoms with Crippen LogP contribution in [0.4, 0.5) is 5.69 Å². The van der Waals surface area contributed by atoms with Crippen LogP contribution in [0.2, 0.25) is 0 Å². The van der Waals surface area contributed by atoms with Gasteiger partial charge in [0.25, 0.3) is 0 Å². The molecule has 2 aromatic carbocycles. The van der Waals surface area contributed by atoms with Gasteiger partial charge in [-0.05, 0) is 41.8 Å². The van der Waals surface area contributed by atoms with E-state index in [2.05, 4.69) is 30.4 Å². The molecule has 3 rings (SSSR count). The quantitative estimate of drug-likeness (QED) is 0.714. The van der Waals surface area contributed by atoms with Crippen molar-refractivity contribution < 1.29 is 4.79 Å². The molecule has 1 amide bonds. The van der Waals surface area contributed by atoms with E-state index in [1.807, 2.05) is 65.5 Å². The highest BCUT2D eigenvalue weighted by Gasteiger charge is 2.20. The van der Waals surface area contributed by atoms with Gasteiger partial charge in [-0.3, -0.25) is 4.79 Å². The zero-order valence-electron chi connectivity index (χ0n) is 13.9. The lowest BCUT2D eigenvalue weighted by atomic mass is 10.0. The zero-order valence-corrected chi connectivity index (χ0v) is 13.9. The maximum Gasteiger partial charge on any atom is 0.247 e. The Labute approximate surface area is 143 Å². The lowest BCUT2D eigenvalue weighted by molar-refractivity contribution is -0.119. The van der Waals surface area contributed by atoms with E-state index >= 15 is 0 Å². The third-order valence-corrected chi connectivity index (χ3v) is 4.16. The Kier molecular flexibility index (Phi) is 5.12. The number of aromatic nitrogens is 1. The van der Waals surface area contributed by atoms with Crippen molar-refractivity contribution in [2.24, 2.45) is 0 Å². The highest BCUT2D eigenvalue weighted by molar-refractivity contribution is 5.94. The fourth-order valence-corrected chi connectivity index (χ4v) is 2.82. The first-order valence-electron chi connectivity index (χ1n) is 8.32. The number of rotatable bonds is 6. The number of nitrogens with one attached hydrogen (secondary N) is 1. The highest BCUT2D eigenvalue weighted by Crippen LogP contribution is 2.19. The van der Waals surface area contributed by atoms with E-state index < -0.39 is 0 Å². The second-order valence-electron chi connectivity index (χ2n) is 5.88. The minimum absolute atomic E-state index is 0.00306. The summed E-state index contributed by atoms with van der Waals surface area (Å²) in [6.45, 7) is 2.11. The minimum Gasteiger partial charge on any atom is -0.342 e. The lowest BCUT2D eigenvalue weighted by Crippen LogP contribution is -2.27. The summed E-state index contributed by atoms with van der Waals surface area (Å²) in [5.74, 6) is 0.00306. The molecule has 0 bridgehead atoms. The molecule has 3 heteroatoms. The number of carbonyl (C=O) groups excluding carboxylic acids is 1. The fraction of sp³-hybridized carbons (Fsp3) is 0.190. The summed E-state index contributed by atoms with van der Waals surface area (Å²) in [4.78, 5) is 12.9. The van der Waals surface area contributed by atoms with Crippen molar-refractivity contribution in [1.82, 2.24) is 4.57 Å². The molecular weight excluding hydrogens is 296 g/mol. The molecule has 1 atom stereocenters. The number of hydrogen-bond donors (Lipinski definition) is 1. The summed E-state index contributed by atoms with van der Waals surface area (Å²) in [5, 5.41) is 3.07. The Morgan fingerprint density at radius 3 is 2.38 bits per heavy atom. The summed E-state index contributed by atoms with van der Waals surface area (Å²) >= 11 is 0. The van der Waals surface area contributed by atoms with E-state index in [9.17, 15) is 4.79 Å². The van der Waals surface area contributed by atoms with Gasteiger partial charge >= 0.3 is 0 Å². The summed E-state index contributed by atoms with van der Waals surface area (Å²) in [5.41, 5.74) is 3.21. The van der Waals surface area contributed by atoms with E-state index in [4.69, 9.17) is 0 Å². The number of carbonyl (C=O) groups is 1. The number of anilines is 1. The van der Waals surface area contributed by atoms with Gasteiger partial charge in [-0.1, -0.05) is 49.4 Å². The second-order valence-corrected chi connectivity index (χ2v) is 5.88. The minimum atomic E-state index is -0.271. The van der Waals surface area contributed by atoms with Gasteiger partial charge in [-0.25, -0.2) is 0 Å². The third-order valence-electron chi connectivity index (χ3n) is 4.16. The molecule has 0 unspecified atom stereocenters. The molecule has 1 N–H and O–H groups in total. The summed E-state index contributed by atoms with van der Waals surface area (Å²) < 4.78 is 1.96. The van der Waals surface area contributed by atoms with Crippen LogP contribution in [0.25, 0.3) is 0 Å². The van der Waals surface area contributed by atoms with E-state index in [0.717, 1.165) is 17.7 Å². The number of aryl methyl sites for hydroxylation is 1. The van der Waals surface area contributed by atoms with Crippen LogP contribution in [0.1, 0.15) is 24.1 Å². The molecule has 24 heavy (non-hydrogen) atoms. The Morgan fingerprint density at radius 1 is 0.958 bits per heavy atom. The monoisotopic (exact) mass is 318 g/mol. The van der Waals surface area contributed by atoms with Crippen molar-refractivity contribution >= 4 is 11.6 Å².